The highest BCUT2D eigenvalue weighted by Gasteiger charge is 2.29. The minimum atomic E-state index is -4.16. The number of hydrogen-bond donors (Lipinski definition) is 1. The van der Waals surface area contributed by atoms with E-state index in [1.807, 2.05) is 0 Å². The van der Waals surface area contributed by atoms with Gasteiger partial charge in [-0.15, -0.1) is 0 Å². The van der Waals surface area contributed by atoms with Gasteiger partial charge in [-0.3, -0.25) is 19.2 Å². The van der Waals surface area contributed by atoms with Crippen molar-refractivity contribution in [2.75, 3.05) is 25.1 Å². The topological polar surface area (TPSA) is 150 Å². The molecule has 0 radical (unpaired) electrons. The molecule has 0 fully saturated rings. The van der Waals surface area contributed by atoms with Gasteiger partial charge in [0.1, 0.15) is 30.4 Å². The Kier molecular flexibility index (Phi) is 9.91. The van der Waals surface area contributed by atoms with Gasteiger partial charge < -0.3 is 14.2 Å². The summed E-state index contributed by atoms with van der Waals surface area (Å²) in [7, 11) is -1.30. The Hall–Kier alpha value is -5.43. The number of carbonyl (C=O) groups excluding carboxylic acids is 1. The van der Waals surface area contributed by atoms with Crippen molar-refractivity contribution in [3.05, 3.63) is 118 Å². The van der Waals surface area contributed by atoms with E-state index in [1.165, 1.54) is 56.8 Å². The molecule has 0 aliphatic rings. The summed E-state index contributed by atoms with van der Waals surface area (Å²) in [6.45, 7) is -0.352. The highest BCUT2D eigenvalue weighted by Crippen LogP contribution is 2.35. The molecule has 4 rings (SSSR count). The first kappa shape index (κ1) is 30.5. The Balaban J connectivity index is 1.42. The molecule has 0 aliphatic carbocycles. The van der Waals surface area contributed by atoms with Crippen LogP contribution in [0.3, 0.4) is 0 Å². The lowest BCUT2D eigenvalue weighted by Gasteiger charge is -2.25. The van der Waals surface area contributed by atoms with E-state index in [9.17, 15) is 23.3 Å². The van der Waals surface area contributed by atoms with E-state index in [1.54, 1.807) is 60.7 Å². The van der Waals surface area contributed by atoms with Crippen LogP contribution in [0.15, 0.2) is 107 Å². The monoisotopic (exact) mass is 604 g/mol. The van der Waals surface area contributed by atoms with E-state index in [-0.39, 0.29) is 28.6 Å². The zero-order chi connectivity index (χ0) is 30.8. The van der Waals surface area contributed by atoms with Crippen molar-refractivity contribution in [3.63, 3.8) is 0 Å². The number of anilines is 1. The number of benzene rings is 4. The molecule has 13 heteroatoms. The zero-order valence-electron chi connectivity index (χ0n) is 23.2. The van der Waals surface area contributed by atoms with E-state index in [0.29, 0.717) is 17.1 Å². The standard InChI is InChI=1S/C30H28N4O8S/c1-40-26-16-17-28(29(18-26)41-2)33(43(38,39)27-6-4-3-5-7-27)20-30(35)32-31-19-22-10-14-25(15-11-22)42-21-23-8-12-24(13-9-23)34(36)37/h3-19H,20-21H2,1-2H3,(H,32,35)/b31-19-. The molecule has 1 N–H and O–H groups in total. The average Bonchev–Trinajstić information content (AvgIpc) is 3.03. The second-order valence-electron chi connectivity index (χ2n) is 8.94. The van der Waals surface area contributed by atoms with E-state index in [4.69, 9.17) is 14.2 Å². The van der Waals surface area contributed by atoms with Gasteiger partial charge in [-0.25, -0.2) is 13.8 Å². The fraction of sp³-hybridized carbons (Fsp3) is 0.133. The molecule has 0 atom stereocenters. The van der Waals surface area contributed by atoms with Crippen LogP contribution < -0.4 is 23.9 Å². The summed E-state index contributed by atoms with van der Waals surface area (Å²) in [4.78, 5) is 23.2. The van der Waals surface area contributed by atoms with Crippen molar-refractivity contribution in [1.29, 1.82) is 0 Å². The highest BCUT2D eigenvalue weighted by atomic mass is 32.2. The van der Waals surface area contributed by atoms with Crippen molar-refractivity contribution < 1.29 is 32.3 Å². The minimum Gasteiger partial charge on any atom is -0.497 e. The third-order valence-electron chi connectivity index (χ3n) is 6.11. The van der Waals surface area contributed by atoms with Crippen molar-refractivity contribution in [3.8, 4) is 17.2 Å². The van der Waals surface area contributed by atoms with Crippen LogP contribution in [-0.2, 0) is 21.4 Å². The molecule has 0 spiro atoms. The number of hydrogen-bond acceptors (Lipinski definition) is 9. The number of amides is 1. The third-order valence-corrected chi connectivity index (χ3v) is 7.88. The van der Waals surface area contributed by atoms with Crippen LogP contribution in [0.5, 0.6) is 17.2 Å². The number of sulfonamides is 1. The maximum atomic E-state index is 13.6. The summed E-state index contributed by atoms with van der Waals surface area (Å²) < 4.78 is 44.5. The Morgan fingerprint density at radius 2 is 1.60 bits per heavy atom. The van der Waals surface area contributed by atoms with Gasteiger partial charge in [-0.05, 0) is 71.8 Å². The van der Waals surface area contributed by atoms with Crippen molar-refractivity contribution >= 4 is 33.5 Å². The highest BCUT2D eigenvalue weighted by molar-refractivity contribution is 7.92. The second kappa shape index (κ2) is 14.0. The van der Waals surface area contributed by atoms with Crippen LogP contribution in [0, 0.1) is 10.1 Å². The van der Waals surface area contributed by atoms with Crippen LogP contribution in [0.1, 0.15) is 11.1 Å². The summed E-state index contributed by atoms with van der Waals surface area (Å²) in [5.41, 5.74) is 3.94. The number of non-ortho nitro benzene ring substituents is 1. The maximum absolute atomic E-state index is 13.6. The fourth-order valence-electron chi connectivity index (χ4n) is 3.89. The van der Waals surface area contributed by atoms with E-state index in [2.05, 4.69) is 10.5 Å². The Morgan fingerprint density at radius 3 is 2.23 bits per heavy atom. The van der Waals surface area contributed by atoms with E-state index >= 15 is 0 Å². The first-order chi connectivity index (χ1) is 20.7. The molecule has 0 unspecified atom stereocenters. The number of methoxy groups -OCH3 is 2. The van der Waals surface area contributed by atoms with Crippen molar-refractivity contribution in [1.82, 2.24) is 5.43 Å². The van der Waals surface area contributed by atoms with Crippen LogP contribution in [0.2, 0.25) is 0 Å². The Bertz CT molecular complexity index is 1690. The summed E-state index contributed by atoms with van der Waals surface area (Å²) in [6, 6.07) is 25.3. The molecule has 0 bridgehead atoms. The van der Waals surface area contributed by atoms with Gasteiger partial charge in [0.2, 0.25) is 0 Å². The number of hydrazone groups is 1. The molecule has 222 valence electrons. The first-order valence-corrected chi connectivity index (χ1v) is 14.2. The molecule has 0 saturated heterocycles. The lowest BCUT2D eigenvalue weighted by Crippen LogP contribution is -2.39. The number of nitrogens with zero attached hydrogens (tertiary/aromatic N) is 3. The van der Waals surface area contributed by atoms with Crippen LogP contribution >= 0.6 is 0 Å². The fourth-order valence-corrected chi connectivity index (χ4v) is 5.34. The van der Waals surface area contributed by atoms with Crippen molar-refractivity contribution in [2.24, 2.45) is 5.10 Å². The Labute approximate surface area is 248 Å². The Morgan fingerprint density at radius 1 is 0.930 bits per heavy atom. The van der Waals surface area contributed by atoms with Gasteiger partial charge >= 0.3 is 0 Å². The summed E-state index contributed by atoms with van der Waals surface area (Å²) in [6.07, 6.45) is 1.40. The second-order valence-corrected chi connectivity index (χ2v) is 10.8. The van der Waals surface area contributed by atoms with Crippen LogP contribution in [-0.4, -0.2) is 46.2 Å². The normalized spacial score (nSPS) is 11.1. The van der Waals surface area contributed by atoms with E-state index in [0.717, 1.165) is 9.87 Å². The predicted octanol–water partition coefficient (Wildman–Crippen LogP) is 4.54. The number of nitrogens with one attached hydrogen (secondary N) is 1. The first-order valence-electron chi connectivity index (χ1n) is 12.8. The van der Waals surface area contributed by atoms with Gasteiger partial charge in [0.05, 0.1) is 35.9 Å². The largest absolute Gasteiger partial charge is 0.497 e. The molecule has 4 aromatic rings. The summed E-state index contributed by atoms with van der Waals surface area (Å²) in [5.74, 6) is 0.534. The quantitative estimate of drug-likeness (QED) is 0.133. The molecule has 1 amide bonds. The molecule has 0 heterocycles. The lowest BCUT2D eigenvalue weighted by atomic mass is 10.2. The number of nitro groups is 1. The summed E-state index contributed by atoms with van der Waals surface area (Å²) in [5, 5.41) is 14.7. The smallest absolute Gasteiger partial charge is 0.269 e. The molecule has 43 heavy (non-hydrogen) atoms. The summed E-state index contributed by atoms with van der Waals surface area (Å²) >= 11 is 0. The van der Waals surface area contributed by atoms with Gasteiger partial charge in [0, 0.05) is 18.2 Å². The maximum Gasteiger partial charge on any atom is 0.269 e. The SMILES string of the molecule is COc1ccc(N(CC(=O)N/N=C\c2ccc(OCc3ccc([N+](=O)[O-])cc3)cc2)S(=O)(=O)c2ccccc2)c(OC)c1. The lowest BCUT2D eigenvalue weighted by molar-refractivity contribution is -0.384. The minimum absolute atomic E-state index is 0.0000549. The molecular formula is C30H28N4O8S. The third kappa shape index (κ3) is 7.86. The number of rotatable bonds is 13. The van der Waals surface area contributed by atoms with Gasteiger partial charge in [0.15, 0.2) is 0 Å². The molecule has 12 nitrogen and oxygen atoms in total. The molecule has 0 saturated carbocycles. The van der Waals surface area contributed by atoms with E-state index < -0.39 is 27.4 Å². The number of nitro benzene ring substituents is 1. The molecular weight excluding hydrogens is 576 g/mol. The van der Waals surface area contributed by atoms with Crippen LogP contribution in [0.4, 0.5) is 11.4 Å². The zero-order valence-corrected chi connectivity index (χ0v) is 24.1. The van der Waals surface area contributed by atoms with Gasteiger partial charge in [-0.2, -0.15) is 5.10 Å². The van der Waals surface area contributed by atoms with Gasteiger partial charge in [-0.1, -0.05) is 18.2 Å². The number of carbonyl (C=O) groups is 1. The molecule has 0 aliphatic heterocycles. The molecule has 4 aromatic carbocycles. The molecule has 0 aromatic heterocycles. The number of ether oxygens (including phenoxy) is 3. The van der Waals surface area contributed by atoms with Gasteiger partial charge in [0.25, 0.3) is 21.6 Å². The van der Waals surface area contributed by atoms with Crippen LogP contribution in [0.25, 0.3) is 0 Å². The average molecular weight is 605 g/mol. The predicted molar refractivity (Wildman–Crippen MR) is 160 cm³/mol. The van der Waals surface area contributed by atoms with Crippen molar-refractivity contribution in [2.45, 2.75) is 11.5 Å².